The molecule has 6 heteroatoms. The molecule has 3 N–H and O–H groups in total. The summed E-state index contributed by atoms with van der Waals surface area (Å²) in [5.41, 5.74) is 2.47. The predicted octanol–water partition coefficient (Wildman–Crippen LogP) is 1.19. The van der Waals surface area contributed by atoms with Crippen LogP contribution in [0, 0.1) is 6.92 Å². The highest BCUT2D eigenvalue weighted by Crippen LogP contribution is 2.06. The molecule has 1 amide bonds. The fraction of sp³-hybridized carbons (Fsp3) is 0.462. The summed E-state index contributed by atoms with van der Waals surface area (Å²) < 4.78 is 0. The summed E-state index contributed by atoms with van der Waals surface area (Å²) in [4.78, 5) is 22.4. The molecule has 0 bridgehead atoms. The van der Waals surface area contributed by atoms with Gasteiger partial charge in [0.1, 0.15) is 0 Å². The summed E-state index contributed by atoms with van der Waals surface area (Å²) >= 11 is 0. The van der Waals surface area contributed by atoms with Gasteiger partial charge in [0.25, 0.3) is 0 Å². The van der Waals surface area contributed by atoms with Crippen molar-refractivity contribution in [3.8, 4) is 0 Å². The van der Waals surface area contributed by atoms with Crippen LogP contribution in [-0.4, -0.2) is 33.7 Å². The van der Waals surface area contributed by atoms with Crippen molar-refractivity contribution in [3.63, 3.8) is 0 Å². The van der Waals surface area contributed by atoms with E-state index in [1.54, 1.807) is 6.20 Å². The molecule has 0 unspecified atom stereocenters. The first-order valence-corrected chi connectivity index (χ1v) is 6.11. The number of H-pyrrole nitrogens is 1. The zero-order valence-electron chi connectivity index (χ0n) is 11.4. The number of aromatic nitrogens is 2. The van der Waals surface area contributed by atoms with Gasteiger partial charge in [-0.05, 0) is 39.2 Å². The van der Waals surface area contributed by atoms with Gasteiger partial charge in [-0.1, -0.05) is 0 Å². The van der Waals surface area contributed by atoms with E-state index < -0.39 is 5.97 Å². The van der Waals surface area contributed by atoms with E-state index in [4.69, 9.17) is 5.11 Å². The highest BCUT2D eigenvalue weighted by Gasteiger charge is 2.11. The van der Waals surface area contributed by atoms with E-state index in [2.05, 4.69) is 15.5 Å². The Balaban J connectivity index is 2.38. The zero-order chi connectivity index (χ0) is 14.4. The molecule has 0 aliphatic rings. The molecular formula is C13H19N3O3. The average Bonchev–Trinajstić information content (AvgIpc) is 2.78. The van der Waals surface area contributed by atoms with Crippen LogP contribution in [0.1, 0.15) is 31.5 Å². The number of aryl methyl sites for hydroxylation is 2. The molecule has 6 nitrogen and oxygen atoms in total. The van der Waals surface area contributed by atoms with Gasteiger partial charge in [-0.2, -0.15) is 5.10 Å². The third-order valence-corrected chi connectivity index (χ3v) is 3.07. The highest BCUT2D eigenvalue weighted by atomic mass is 16.4. The van der Waals surface area contributed by atoms with Crippen molar-refractivity contribution in [3.05, 3.63) is 28.6 Å². The first kappa shape index (κ1) is 14.9. The largest absolute Gasteiger partial charge is 0.478 e. The molecule has 0 aliphatic carbocycles. The number of carboxylic acids is 1. The lowest BCUT2D eigenvalue weighted by Crippen LogP contribution is -2.26. The molecule has 1 aromatic rings. The second-order valence-electron chi connectivity index (χ2n) is 4.43. The molecule has 0 saturated carbocycles. The molecule has 104 valence electrons. The number of amides is 1. The summed E-state index contributed by atoms with van der Waals surface area (Å²) in [6, 6.07) is 0. The maximum atomic E-state index is 11.7. The second kappa shape index (κ2) is 6.72. The van der Waals surface area contributed by atoms with Crippen LogP contribution in [0.4, 0.5) is 0 Å². The highest BCUT2D eigenvalue weighted by molar-refractivity contribution is 6.01. The summed E-state index contributed by atoms with van der Waals surface area (Å²) in [5.74, 6) is -1.40. The molecule has 0 saturated heterocycles. The lowest BCUT2D eigenvalue weighted by Gasteiger charge is -2.06. The van der Waals surface area contributed by atoms with Crippen LogP contribution >= 0.6 is 0 Å². The van der Waals surface area contributed by atoms with Gasteiger partial charge in [0.05, 0.1) is 6.20 Å². The standard InChI is InChI=1S/C13H19N3O3/c1-8(9(2)13(18)19)12(17)14-6-4-5-11-7-15-16-10(11)3/h7H,4-6H2,1-3H3,(H,14,17)(H,15,16)(H,18,19)/b9-8-. The van der Waals surface area contributed by atoms with Gasteiger partial charge in [0.15, 0.2) is 0 Å². The quantitative estimate of drug-likeness (QED) is 0.532. The number of carbonyl (C=O) groups excluding carboxylic acids is 1. The third kappa shape index (κ3) is 4.24. The Morgan fingerprint density at radius 3 is 2.58 bits per heavy atom. The number of nitrogens with zero attached hydrogens (tertiary/aromatic N) is 1. The van der Waals surface area contributed by atoms with Crippen molar-refractivity contribution in [1.82, 2.24) is 15.5 Å². The van der Waals surface area contributed by atoms with E-state index in [1.807, 2.05) is 6.92 Å². The minimum atomic E-state index is -1.07. The average molecular weight is 265 g/mol. The fourth-order valence-electron chi connectivity index (χ4n) is 1.57. The van der Waals surface area contributed by atoms with Gasteiger partial charge in [0, 0.05) is 23.4 Å². The summed E-state index contributed by atoms with van der Waals surface area (Å²) in [6.07, 6.45) is 3.38. The molecule has 1 rings (SSSR count). The zero-order valence-corrected chi connectivity index (χ0v) is 11.4. The molecule has 0 atom stereocenters. The van der Waals surface area contributed by atoms with Crippen molar-refractivity contribution < 1.29 is 14.7 Å². The third-order valence-electron chi connectivity index (χ3n) is 3.07. The Morgan fingerprint density at radius 2 is 2.05 bits per heavy atom. The van der Waals surface area contributed by atoms with Crippen molar-refractivity contribution in [2.75, 3.05) is 6.54 Å². The lowest BCUT2D eigenvalue weighted by atomic mass is 10.1. The normalized spacial score (nSPS) is 11.9. The van der Waals surface area contributed by atoms with E-state index in [0.29, 0.717) is 6.54 Å². The van der Waals surface area contributed by atoms with Crippen LogP contribution < -0.4 is 5.32 Å². The van der Waals surface area contributed by atoms with E-state index in [9.17, 15) is 9.59 Å². The van der Waals surface area contributed by atoms with Gasteiger partial charge < -0.3 is 10.4 Å². The van der Waals surface area contributed by atoms with E-state index >= 15 is 0 Å². The Morgan fingerprint density at radius 1 is 1.37 bits per heavy atom. The van der Waals surface area contributed by atoms with Crippen LogP contribution in [0.15, 0.2) is 17.3 Å². The van der Waals surface area contributed by atoms with Gasteiger partial charge in [-0.15, -0.1) is 0 Å². The number of aliphatic carboxylic acids is 1. The molecule has 0 radical (unpaired) electrons. The second-order valence-corrected chi connectivity index (χ2v) is 4.43. The number of carbonyl (C=O) groups is 2. The fourth-order valence-corrected chi connectivity index (χ4v) is 1.57. The van der Waals surface area contributed by atoms with Gasteiger partial charge in [-0.25, -0.2) is 4.79 Å². The number of hydrogen-bond acceptors (Lipinski definition) is 3. The monoisotopic (exact) mass is 265 g/mol. The van der Waals surface area contributed by atoms with Gasteiger partial charge in [0.2, 0.25) is 5.91 Å². The Kier molecular flexibility index (Phi) is 5.29. The molecule has 0 aromatic carbocycles. The van der Waals surface area contributed by atoms with E-state index in [-0.39, 0.29) is 17.1 Å². The van der Waals surface area contributed by atoms with Crippen LogP contribution in [0.2, 0.25) is 0 Å². The lowest BCUT2D eigenvalue weighted by molar-refractivity contribution is -0.133. The predicted molar refractivity (Wildman–Crippen MR) is 70.7 cm³/mol. The smallest absolute Gasteiger partial charge is 0.331 e. The molecule has 1 heterocycles. The number of rotatable bonds is 6. The van der Waals surface area contributed by atoms with Crippen LogP contribution in [-0.2, 0) is 16.0 Å². The van der Waals surface area contributed by atoms with Crippen LogP contribution in [0.5, 0.6) is 0 Å². The minimum Gasteiger partial charge on any atom is -0.478 e. The molecule has 1 aromatic heterocycles. The maximum Gasteiger partial charge on any atom is 0.331 e. The first-order valence-electron chi connectivity index (χ1n) is 6.11. The van der Waals surface area contributed by atoms with E-state index in [1.165, 1.54) is 13.8 Å². The summed E-state index contributed by atoms with van der Waals surface area (Å²) in [7, 11) is 0. The summed E-state index contributed by atoms with van der Waals surface area (Å²) in [6.45, 7) is 5.39. The summed E-state index contributed by atoms with van der Waals surface area (Å²) in [5, 5.41) is 18.3. The number of aromatic amines is 1. The van der Waals surface area contributed by atoms with E-state index in [0.717, 1.165) is 24.1 Å². The first-order chi connectivity index (χ1) is 8.93. The van der Waals surface area contributed by atoms with Gasteiger partial charge >= 0.3 is 5.97 Å². The number of hydrogen-bond donors (Lipinski definition) is 3. The molecule has 0 spiro atoms. The Hall–Kier alpha value is -2.11. The molecular weight excluding hydrogens is 246 g/mol. The topological polar surface area (TPSA) is 95.1 Å². The molecule has 0 aliphatic heterocycles. The number of nitrogens with one attached hydrogen (secondary N) is 2. The van der Waals surface area contributed by atoms with Crippen LogP contribution in [0.3, 0.4) is 0 Å². The molecule has 19 heavy (non-hydrogen) atoms. The van der Waals surface area contributed by atoms with Gasteiger partial charge in [-0.3, -0.25) is 9.89 Å². The Bertz CT molecular complexity index is 503. The minimum absolute atomic E-state index is 0.0724. The van der Waals surface area contributed by atoms with Crippen molar-refractivity contribution in [1.29, 1.82) is 0 Å². The van der Waals surface area contributed by atoms with Crippen LogP contribution in [0.25, 0.3) is 0 Å². The molecule has 0 fully saturated rings. The number of carboxylic acid groups (broad SMARTS) is 1. The SMILES string of the molecule is C/C(C(=O)O)=C(\C)C(=O)NCCCc1cn[nH]c1C. The Labute approximate surface area is 111 Å². The maximum absolute atomic E-state index is 11.7. The van der Waals surface area contributed by atoms with Crippen molar-refractivity contribution in [2.24, 2.45) is 0 Å². The van der Waals surface area contributed by atoms with Crippen molar-refractivity contribution in [2.45, 2.75) is 33.6 Å². The van der Waals surface area contributed by atoms with Crippen molar-refractivity contribution >= 4 is 11.9 Å².